The third-order valence-corrected chi connectivity index (χ3v) is 6.48. The van der Waals surface area contributed by atoms with Crippen molar-refractivity contribution >= 4 is 57.2 Å². The molecule has 4 nitrogen and oxygen atoms in total. The van der Waals surface area contributed by atoms with Gasteiger partial charge >= 0.3 is 0 Å². The predicted octanol–water partition coefficient (Wildman–Crippen LogP) is 4.85. The van der Waals surface area contributed by atoms with E-state index >= 15 is 0 Å². The number of rotatable bonds is 5. The Bertz CT molecular complexity index is 742. The van der Waals surface area contributed by atoms with Crippen LogP contribution < -0.4 is 10.6 Å². The lowest BCUT2D eigenvalue weighted by molar-refractivity contribution is 0.0514. The van der Waals surface area contributed by atoms with Gasteiger partial charge in [0.2, 0.25) is 0 Å². The van der Waals surface area contributed by atoms with Crippen molar-refractivity contribution in [1.82, 2.24) is 10.6 Å². The van der Waals surface area contributed by atoms with E-state index in [4.69, 9.17) is 4.74 Å². The number of nitrogens with zero attached hydrogens (tertiary/aromatic N) is 1. The van der Waals surface area contributed by atoms with Crippen molar-refractivity contribution in [2.24, 2.45) is 4.99 Å². The van der Waals surface area contributed by atoms with Gasteiger partial charge < -0.3 is 15.4 Å². The van der Waals surface area contributed by atoms with E-state index < -0.39 is 0 Å². The van der Waals surface area contributed by atoms with Gasteiger partial charge in [-0.3, -0.25) is 4.99 Å². The van der Waals surface area contributed by atoms with E-state index in [9.17, 15) is 0 Å². The number of aliphatic imine (C=N–C) groups is 1. The van der Waals surface area contributed by atoms with Crippen LogP contribution in [0.3, 0.4) is 0 Å². The first-order valence-electron chi connectivity index (χ1n) is 8.95. The Kier molecular flexibility index (Phi) is 9.04. The minimum absolute atomic E-state index is 0. The minimum atomic E-state index is 0. The molecule has 0 atom stereocenters. The summed E-state index contributed by atoms with van der Waals surface area (Å²) in [5.74, 6) is 0.846. The molecule has 0 spiro atoms. The third-order valence-electron chi connectivity index (χ3n) is 4.95. The Morgan fingerprint density at radius 3 is 2.44 bits per heavy atom. The van der Waals surface area contributed by atoms with Crippen molar-refractivity contribution < 1.29 is 4.74 Å². The van der Waals surface area contributed by atoms with E-state index in [1.807, 2.05) is 18.4 Å². The molecule has 27 heavy (non-hydrogen) atoms. The molecule has 2 N–H and O–H groups in total. The molecule has 1 saturated heterocycles. The van der Waals surface area contributed by atoms with Gasteiger partial charge in [-0.25, -0.2) is 0 Å². The van der Waals surface area contributed by atoms with E-state index in [0.717, 1.165) is 49.6 Å². The van der Waals surface area contributed by atoms with Gasteiger partial charge in [0.15, 0.2) is 5.96 Å². The lowest BCUT2D eigenvalue weighted by Gasteiger charge is -2.38. The van der Waals surface area contributed by atoms with Gasteiger partial charge in [-0.1, -0.05) is 28.1 Å². The molecule has 2 aromatic rings. The zero-order chi connectivity index (χ0) is 18.4. The van der Waals surface area contributed by atoms with Crippen molar-refractivity contribution in [3.05, 3.63) is 56.2 Å². The van der Waals surface area contributed by atoms with Gasteiger partial charge in [0, 0.05) is 46.4 Å². The fourth-order valence-corrected chi connectivity index (χ4v) is 4.45. The fourth-order valence-electron chi connectivity index (χ4n) is 3.36. The van der Waals surface area contributed by atoms with E-state index in [1.165, 1.54) is 15.3 Å². The van der Waals surface area contributed by atoms with Crippen molar-refractivity contribution in [1.29, 1.82) is 0 Å². The molecule has 1 fully saturated rings. The van der Waals surface area contributed by atoms with E-state index in [-0.39, 0.29) is 29.4 Å². The molecule has 1 aromatic heterocycles. The number of halogens is 2. The number of hydrogen-bond donors (Lipinski definition) is 2. The molecule has 3 rings (SSSR count). The largest absolute Gasteiger partial charge is 0.381 e. The second kappa shape index (κ2) is 10.8. The van der Waals surface area contributed by atoms with Crippen LogP contribution in [-0.2, 0) is 16.7 Å². The highest BCUT2D eigenvalue weighted by atomic mass is 127. The van der Waals surface area contributed by atoms with Crippen LogP contribution in [0.15, 0.2) is 45.9 Å². The van der Waals surface area contributed by atoms with Crippen LogP contribution >= 0.6 is 51.2 Å². The highest BCUT2D eigenvalue weighted by molar-refractivity contribution is 14.0. The summed E-state index contributed by atoms with van der Waals surface area (Å²) in [7, 11) is 1.82. The van der Waals surface area contributed by atoms with Crippen LogP contribution in [0.5, 0.6) is 0 Å². The first-order valence-corrected chi connectivity index (χ1v) is 10.6. The van der Waals surface area contributed by atoms with Crippen LogP contribution in [0, 0.1) is 6.92 Å². The van der Waals surface area contributed by atoms with Gasteiger partial charge in [0.25, 0.3) is 0 Å². The molecular weight excluding hydrogens is 537 g/mol. The summed E-state index contributed by atoms with van der Waals surface area (Å²) in [6.45, 7) is 5.39. The van der Waals surface area contributed by atoms with Gasteiger partial charge in [0.05, 0.1) is 6.54 Å². The Balaban J connectivity index is 0.00000261. The molecule has 7 heteroatoms. The summed E-state index contributed by atoms with van der Waals surface area (Å²) < 4.78 is 6.74. The number of hydrogen-bond acceptors (Lipinski definition) is 3. The van der Waals surface area contributed by atoms with Crippen molar-refractivity contribution in [3.63, 3.8) is 0 Å². The number of nitrogens with one attached hydrogen (secondary N) is 2. The maximum absolute atomic E-state index is 5.63. The molecule has 0 bridgehead atoms. The molecule has 0 radical (unpaired) electrons. The van der Waals surface area contributed by atoms with Gasteiger partial charge in [0.1, 0.15) is 0 Å². The zero-order valence-corrected chi connectivity index (χ0v) is 20.5. The first kappa shape index (κ1) is 22.6. The molecule has 2 heterocycles. The lowest BCUT2D eigenvalue weighted by Crippen LogP contribution is -2.47. The van der Waals surface area contributed by atoms with Crippen LogP contribution in [0.1, 0.15) is 28.2 Å². The van der Waals surface area contributed by atoms with Crippen molar-refractivity contribution in [3.8, 4) is 0 Å². The Morgan fingerprint density at radius 1 is 1.15 bits per heavy atom. The number of thiophene rings is 1. The van der Waals surface area contributed by atoms with E-state index in [1.54, 1.807) is 0 Å². The minimum Gasteiger partial charge on any atom is -0.381 e. The first-order chi connectivity index (χ1) is 12.6. The summed E-state index contributed by atoms with van der Waals surface area (Å²) >= 11 is 5.35. The average molecular weight is 564 g/mol. The maximum atomic E-state index is 5.63. The van der Waals surface area contributed by atoms with Gasteiger partial charge in [-0.15, -0.1) is 35.3 Å². The Labute approximate surface area is 191 Å². The number of ether oxygens (including phenoxy) is 1. The number of guanidine groups is 1. The molecule has 1 aliphatic rings. The summed E-state index contributed by atoms with van der Waals surface area (Å²) in [5.41, 5.74) is 1.44. The molecule has 0 saturated carbocycles. The second-order valence-electron chi connectivity index (χ2n) is 6.69. The third kappa shape index (κ3) is 6.17. The average Bonchev–Trinajstić information content (AvgIpc) is 3.08. The molecule has 0 aliphatic carbocycles. The Hall–Kier alpha value is -0.640. The molecule has 0 unspecified atom stereocenters. The molecule has 1 aromatic carbocycles. The fraction of sp³-hybridized carbons (Fsp3) is 0.450. The Morgan fingerprint density at radius 2 is 1.85 bits per heavy atom. The van der Waals surface area contributed by atoms with Crippen LogP contribution in [0.2, 0.25) is 0 Å². The standard InChI is InChI=1S/C20H26BrN3OS.HI/c1-15-3-8-18(26-15)13-23-19(22-2)24-14-20(9-11-25-12-10-20)16-4-6-17(21)7-5-16;/h3-8H,9-14H2,1-2H3,(H2,22,23,24);1H. The zero-order valence-electron chi connectivity index (χ0n) is 15.8. The van der Waals surface area contributed by atoms with Crippen LogP contribution in [0.4, 0.5) is 0 Å². The topological polar surface area (TPSA) is 45.7 Å². The summed E-state index contributed by atoms with van der Waals surface area (Å²) in [6, 6.07) is 13.0. The predicted molar refractivity (Wildman–Crippen MR) is 129 cm³/mol. The van der Waals surface area contributed by atoms with E-state index in [2.05, 4.69) is 74.9 Å². The molecule has 0 amide bonds. The second-order valence-corrected chi connectivity index (χ2v) is 8.98. The summed E-state index contributed by atoms with van der Waals surface area (Å²) in [4.78, 5) is 7.05. The van der Waals surface area contributed by atoms with Crippen molar-refractivity contribution in [2.75, 3.05) is 26.8 Å². The van der Waals surface area contributed by atoms with E-state index in [0.29, 0.717) is 0 Å². The monoisotopic (exact) mass is 563 g/mol. The molecular formula is C20H27BrIN3OS. The molecule has 1 aliphatic heterocycles. The number of benzene rings is 1. The summed E-state index contributed by atoms with van der Waals surface area (Å²) in [6.07, 6.45) is 2.03. The highest BCUT2D eigenvalue weighted by Crippen LogP contribution is 2.34. The number of aryl methyl sites for hydroxylation is 1. The SMILES string of the molecule is CN=C(NCc1ccc(C)s1)NCC1(c2ccc(Br)cc2)CCOCC1.I. The quantitative estimate of drug-likeness (QED) is 0.310. The normalized spacial score (nSPS) is 16.5. The van der Waals surface area contributed by atoms with Gasteiger partial charge in [-0.05, 0) is 49.6 Å². The van der Waals surface area contributed by atoms with Crippen LogP contribution in [-0.4, -0.2) is 32.8 Å². The highest BCUT2D eigenvalue weighted by Gasteiger charge is 2.34. The van der Waals surface area contributed by atoms with Gasteiger partial charge in [-0.2, -0.15) is 0 Å². The smallest absolute Gasteiger partial charge is 0.191 e. The summed E-state index contributed by atoms with van der Waals surface area (Å²) in [5, 5.41) is 6.97. The van der Waals surface area contributed by atoms with Crippen LogP contribution in [0.25, 0.3) is 0 Å². The maximum Gasteiger partial charge on any atom is 0.191 e. The van der Waals surface area contributed by atoms with Crippen molar-refractivity contribution in [2.45, 2.75) is 31.7 Å². The lowest BCUT2D eigenvalue weighted by atomic mass is 9.74. The molecule has 148 valence electrons.